The van der Waals surface area contributed by atoms with Crippen LogP contribution in [0.3, 0.4) is 0 Å². The third-order valence-electron chi connectivity index (χ3n) is 4.45. The number of nitrogens with zero attached hydrogens (tertiary/aromatic N) is 2. The van der Waals surface area contributed by atoms with Crippen LogP contribution in [0.5, 0.6) is 5.75 Å². The SMILES string of the molecule is COc1ccc([C@H]2CC(c3ccco3)=NN2C(=S)Nc2ccccc2)cc1. The van der Waals surface area contributed by atoms with Crippen LogP contribution in [0.4, 0.5) is 5.69 Å². The van der Waals surface area contributed by atoms with Gasteiger partial charge in [0.2, 0.25) is 0 Å². The highest BCUT2D eigenvalue weighted by Crippen LogP contribution is 2.34. The number of thiocarbonyl (C=S) groups is 1. The lowest BCUT2D eigenvalue weighted by Crippen LogP contribution is -2.31. The average Bonchev–Trinajstić information content (AvgIpc) is 3.39. The number of hydrogen-bond donors (Lipinski definition) is 1. The van der Waals surface area contributed by atoms with Gasteiger partial charge in [0.05, 0.1) is 19.4 Å². The first-order chi connectivity index (χ1) is 13.2. The van der Waals surface area contributed by atoms with Crippen molar-refractivity contribution in [3.63, 3.8) is 0 Å². The fourth-order valence-electron chi connectivity index (χ4n) is 3.08. The molecule has 1 aliphatic heterocycles. The molecule has 0 amide bonds. The van der Waals surface area contributed by atoms with Gasteiger partial charge >= 0.3 is 0 Å². The monoisotopic (exact) mass is 377 g/mol. The minimum Gasteiger partial charge on any atom is -0.497 e. The van der Waals surface area contributed by atoms with Gasteiger partial charge in [-0.05, 0) is 54.2 Å². The Morgan fingerprint density at radius 1 is 1.11 bits per heavy atom. The maximum atomic E-state index is 5.66. The summed E-state index contributed by atoms with van der Waals surface area (Å²) in [5.74, 6) is 1.58. The smallest absolute Gasteiger partial charge is 0.194 e. The van der Waals surface area contributed by atoms with Gasteiger partial charge in [-0.1, -0.05) is 30.3 Å². The van der Waals surface area contributed by atoms with Crippen LogP contribution in [-0.2, 0) is 0 Å². The lowest BCUT2D eigenvalue weighted by atomic mass is 10.0. The number of anilines is 1. The number of rotatable bonds is 4. The zero-order valence-electron chi connectivity index (χ0n) is 14.8. The number of furan rings is 1. The Balaban J connectivity index is 1.63. The van der Waals surface area contributed by atoms with E-state index in [4.69, 9.17) is 26.5 Å². The lowest BCUT2D eigenvalue weighted by Gasteiger charge is -2.25. The van der Waals surface area contributed by atoms with Gasteiger partial charge < -0.3 is 14.5 Å². The van der Waals surface area contributed by atoms with Crippen LogP contribution in [0, 0.1) is 0 Å². The number of nitrogens with one attached hydrogen (secondary N) is 1. The molecule has 1 atom stereocenters. The van der Waals surface area contributed by atoms with E-state index in [0.29, 0.717) is 11.5 Å². The Kier molecular flexibility index (Phi) is 4.89. The van der Waals surface area contributed by atoms with Crippen molar-refractivity contribution in [2.75, 3.05) is 12.4 Å². The molecule has 0 saturated carbocycles. The lowest BCUT2D eigenvalue weighted by molar-refractivity contribution is 0.374. The Hall–Kier alpha value is -3.12. The Bertz CT molecular complexity index is 937. The van der Waals surface area contributed by atoms with Gasteiger partial charge in [0.15, 0.2) is 5.11 Å². The van der Waals surface area contributed by atoms with Crippen molar-refractivity contribution in [1.29, 1.82) is 0 Å². The molecule has 1 N–H and O–H groups in total. The van der Waals surface area contributed by atoms with Crippen LogP contribution >= 0.6 is 12.2 Å². The summed E-state index contributed by atoms with van der Waals surface area (Å²) in [4.78, 5) is 0. The van der Waals surface area contributed by atoms with Gasteiger partial charge in [-0.15, -0.1) is 0 Å². The van der Waals surface area contributed by atoms with E-state index >= 15 is 0 Å². The van der Waals surface area contributed by atoms with Gasteiger partial charge in [0, 0.05) is 12.1 Å². The minimum atomic E-state index is -0.0141. The van der Waals surface area contributed by atoms with Crippen LogP contribution < -0.4 is 10.1 Å². The predicted octanol–water partition coefficient (Wildman–Crippen LogP) is 4.84. The van der Waals surface area contributed by atoms with Crippen molar-refractivity contribution >= 4 is 28.7 Å². The number of para-hydroxylation sites is 1. The maximum Gasteiger partial charge on any atom is 0.194 e. The summed E-state index contributed by atoms with van der Waals surface area (Å²) in [6.07, 6.45) is 2.36. The van der Waals surface area contributed by atoms with Gasteiger partial charge in [-0.2, -0.15) is 5.10 Å². The molecule has 0 aliphatic carbocycles. The van der Waals surface area contributed by atoms with Crippen molar-refractivity contribution < 1.29 is 9.15 Å². The minimum absolute atomic E-state index is 0.0141. The molecule has 0 bridgehead atoms. The average molecular weight is 377 g/mol. The number of methoxy groups -OCH3 is 1. The summed E-state index contributed by atoms with van der Waals surface area (Å²) in [5.41, 5.74) is 2.91. The van der Waals surface area contributed by atoms with E-state index in [0.717, 1.165) is 28.5 Å². The predicted molar refractivity (Wildman–Crippen MR) is 110 cm³/mol. The van der Waals surface area contributed by atoms with Crippen molar-refractivity contribution in [3.05, 3.63) is 84.3 Å². The fraction of sp³-hybridized carbons (Fsp3) is 0.143. The first-order valence-corrected chi connectivity index (χ1v) is 9.06. The van der Waals surface area contributed by atoms with Crippen LogP contribution in [0.2, 0.25) is 0 Å². The second-order valence-electron chi connectivity index (χ2n) is 6.16. The zero-order valence-corrected chi connectivity index (χ0v) is 15.6. The van der Waals surface area contributed by atoms with Gasteiger partial charge in [0.1, 0.15) is 17.2 Å². The molecular weight excluding hydrogens is 358 g/mol. The standard InChI is InChI=1S/C21H19N3O2S/c1-25-17-11-9-15(10-12-17)19-14-18(20-8-5-13-26-20)23-24(19)21(27)22-16-6-3-2-4-7-16/h2-13,19H,14H2,1H3,(H,22,27)/t19-/m1/s1. The molecule has 4 rings (SSSR count). The Labute approximate surface area is 163 Å². The molecule has 0 spiro atoms. The Morgan fingerprint density at radius 3 is 2.56 bits per heavy atom. The summed E-state index contributed by atoms with van der Waals surface area (Å²) in [7, 11) is 1.66. The Morgan fingerprint density at radius 2 is 1.89 bits per heavy atom. The normalized spacial score (nSPS) is 16.1. The van der Waals surface area contributed by atoms with E-state index in [2.05, 4.69) is 5.32 Å². The van der Waals surface area contributed by atoms with Crippen LogP contribution in [-0.4, -0.2) is 22.9 Å². The molecule has 1 aromatic heterocycles. The van der Waals surface area contributed by atoms with E-state index in [-0.39, 0.29) is 6.04 Å². The highest BCUT2D eigenvalue weighted by Gasteiger charge is 2.32. The first kappa shape index (κ1) is 17.3. The van der Waals surface area contributed by atoms with Crippen molar-refractivity contribution in [2.24, 2.45) is 5.10 Å². The third kappa shape index (κ3) is 3.71. The third-order valence-corrected chi connectivity index (χ3v) is 4.74. The van der Waals surface area contributed by atoms with Crippen molar-refractivity contribution in [3.8, 4) is 5.75 Å². The molecule has 2 aromatic carbocycles. The molecular formula is C21H19N3O2S. The van der Waals surface area contributed by atoms with E-state index in [1.807, 2.05) is 71.7 Å². The van der Waals surface area contributed by atoms with Crippen molar-refractivity contribution in [1.82, 2.24) is 5.01 Å². The van der Waals surface area contributed by atoms with Gasteiger partial charge in [-0.3, -0.25) is 0 Å². The highest BCUT2D eigenvalue weighted by atomic mass is 32.1. The summed E-state index contributed by atoms with van der Waals surface area (Å²) < 4.78 is 10.8. The molecule has 0 saturated heterocycles. The van der Waals surface area contributed by atoms with E-state index in [1.165, 1.54) is 0 Å². The molecule has 136 valence electrons. The molecule has 2 heterocycles. The highest BCUT2D eigenvalue weighted by molar-refractivity contribution is 7.80. The molecule has 5 nitrogen and oxygen atoms in total. The van der Waals surface area contributed by atoms with E-state index < -0.39 is 0 Å². The molecule has 1 aliphatic rings. The van der Waals surface area contributed by atoms with Crippen LogP contribution in [0.1, 0.15) is 23.8 Å². The number of hydrazone groups is 1. The summed E-state index contributed by atoms with van der Waals surface area (Å²) in [6.45, 7) is 0. The first-order valence-electron chi connectivity index (χ1n) is 8.65. The summed E-state index contributed by atoms with van der Waals surface area (Å²) >= 11 is 5.66. The van der Waals surface area contributed by atoms with Gasteiger partial charge in [-0.25, -0.2) is 5.01 Å². The van der Waals surface area contributed by atoms with Crippen LogP contribution in [0.25, 0.3) is 0 Å². The quantitative estimate of drug-likeness (QED) is 0.660. The summed E-state index contributed by atoms with van der Waals surface area (Å²) in [5, 5.41) is 10.4. The molecule has 0 radical (unpaired) electrons. The zero-order chi connectivity index (χ0) is 18.6. The van der Waals surface area contributed by atoms with Gasteiger partial charge in [0.25, 0.3) is 0 Å². The largest absolute Gasteiger partial charge is 0.497 e. The number of benzene rings is 2. The second kappa shape index (κ2) is 7.63. The summed E-state index contributed by atoms with van der Waals surface area (Å²) in [6, 6.07) is 21.6. The number of hydrogen-bond acceptors (Lipinski definition) is 4. The topological polar surface area (TPSA) is 50.0 Å². The van der Waals surface area contributed by atoms with Crippen molar-refractivity contribution in [2.45, 2.75) is 12.5 Å². The van der Waals surface area contributed by atoms with Crippen LogP contribution in [0.15, 0.2) is 82.5 Å². The second-order valence-corrected chi connectivity index (χ2v) is 6.54. The molecule has 27 heavy (non-hydrogen) atoms. The maximum absolute atomic E-state index is 5.66. The molecule has 6 heteroatoms. The molecule has 0 fully saturated rings. The molecule has 0 unspecified atom stereocenters. The van der Waals surface area contributed by atoms with E-state index in [1.54, 1.807) is 13.4 Å². The number of ether oxygens (including phenoxy) is 1. The fourth-order valence-corrected chi connectivity index (χ4v) is 3.36. The molecule has 3 aromatic rings. The van der Waals surface area contributed by atoms with E-state index in [9.17, 15) is 0 Å².